The first-order valence-corrected chi connectivity index (χ1v) is 9.92. The summed E-state index contributed by atoms with van der Waals surface area (Å²) in [5.41, 5.74) is 10.0. The average molecular weight is 366 g/mol. The Labute approximate surface area is 158 Å². The molecular formula is C19H26N8. The lowest BCUT2D eigenvalue weighted by atomic mass is 9.92. The molecule has 4 N–H and O–H groups in total. The molecule has 8 heteroatoms. The Kier molecular flexibility index (Phi) is 4.07. The second-order valence-corrected chi connectivity index (χ2v) is 8.06. The molecule has 2 fully saturated rings. The second kappa shape index (κ2) is 6.60. The zero-order valence-corrected chi connectivity index (χ0v) is 15.6. The van der Waals surface area contributed by atoms with E-state index in [-0.39, 0.29) is 0 Å². The minimum Gasteiger partial charge on any atom is -0.351 e. The van der Waals surface area contributed by atoms with Gasteiger partial charge in [0.15, 0.2) is 5.65 Å². The molecule has 2 saturated carbocycles. The predicted molar refractivity (Wildman–Crippen MR) is 104 cm³/mol. The molecule has 0 aromatic carbocycles. The van der Waals surface area contributed by atoms with Crippen LogP contribution in [0.15, 0.2) is 12.4 Å². The summed E-state index contributed by atoms with van der Waals surface area (Å²) < 4.78 is 1.98. The summed E-state index contributed by atoms with van der Waals surface area (Å²) in [7, 11) is 2.01. The molecule has 0 bridgehead atoms. The summed E-state index contributed by atoms with van der Waals surface area (Å²) in [6, 6.07) is 0.702. The molecule has 3 aromatic rings. The minimum atomic E-state index is 0.329. The molecule has 2 aliphatic rings. The first-order chi connectivity index (χ1) is 13.2. The van der Waals surface area contributed by atoms with E-state index in [2.05, 4.69) is 25.6 Å². The van der Waals surface area contributed by atoms with Crippen molar-refractivity contribution >= 4 is 17.0 Å². The smallest absolute Gasteiger partial charge is 0.225 e. The van der Waals surface area contributed by atoms with Crippen LogP contribution in [0.3, 0.4) is 0 Å². The van der Waals surface area contributed by atoms with Gasteiger partial charge in [0.05, 0.1) is 23.5 Å². The number of hydrogen-bond acceptors (Lipinski definition) is 6. The number of aromatic amines is 1. The van der Waals surface area contributed by atoms with Gasteiger partial charge in [0.2, 0.25) is 5.95 Å². The molecule has 8 nitrogen and oxygen atoms in total. The van der Waals surface area contributed by atoms with Crippen molar-refractivity contribution in [1.82, 2.24) is 29.9 Å². The van der Waals surface area contributed by atoms with Crippen LogP contribution >= 0.6 is 0 Å². The lowest BCUT2D eigenvalue weighted by Gasteiger charge is -2.26. The molecule has 27 heavy (non-hydrogen) atoms. The van der Waals surface area contributed by atoms with Crippen LogP contribution in [0, 0.1) is 5.92 Å². The van der Waals surface area contributed by atoms with Gasteiger partial charge in [0.1, 0.15) is 0 Å². The van der Waals surface area contributed by atoms with Gasteiger partial charge in [-0.2, -0.15) is 15.2 Å². The van der Waals surface area contributed by atoms with E-state index in [4.69, 9.17) is 10.7 Å². The van der Waals surface area contributed by atoms with Gasteiger partial charge in [0.25, 0.3) is 0 Å². The van der Waals surface area contributed by atoms with Crippen molar-refractivity contribution in [2.45, 2.75) is 57.0 Å². The first-order valence-electron chi connectivity index (χ1n) is 9.92. The summed E-state index contributed by atoms with van der Waals surface area (Å²) in [6.45, 7) is 0. The third kappa shape index (κ3) is 3.29. The van der Waals surface area contributed by atoms with Crippen molar-refractivity contribution < 1.29 is 0 Å². The summed E-state index contributed by atoms with van der Waals surface area (Å²) in [5, 5.41) is 16.2. The quantitative estimate of drug-likeness (QED) is 0.639. The van der Waals surface area contributed by atoms with Crippen LogP contribution in [0.25, 0.3) is 22.3 Å². The van der Waals surface area contributed by atoms with Gasteiger partial charge in [-0.1, -0.05) is 0 Å². The highest BCUT2D eigenvalue weighted by atomic mass is 15.3. The zero-order valence-electron chi connectivity index (χ0n) is 15.6. The number of nitrogens with one attached hydrogen (secondary N) is 2. The van der Waals surface area contributed by atoms with E-state index in [0.717, 1.165) is 60.3 Å². The molecule has 3 aromatic heterocycles. The van der Waals surface area contributed by atoms with Gasteiger partial charge >= 0.3 is 0 Å². The maximum Gasteiger partial charge on any atom is 0.225 e. The van der Waals surface area contributed by atoms with E-state index >= 15 is 0 Å². The molecule has 142 valence electrons. The maximum absolute atomic E-state index is 6.03. The highest BCUT2D eigenvalue weighted by Gasteiger charge is 2.27. The van der Waals surface area contributed by atoms with Crippen molar-refractivity contribution in [3.8, 4) is 11.3 Å². The van der Waals surface area contributed by atoms with E-state index in [1.54, 1.807) is 0 Å². The summed E-state index contributed by atoms with van der Waals surface area (Å²) in [6.07, 6.45) is 11.6. The fourth-order valence-corrected chi connectivity index (χ4v) is 4.05. The molecule has 0 saturated heterocycles. The van der Waals surface area contributed by atoms with Gasteiger partial charge in [-0.25, -0.2) is 4.98 Å². The molecule has 0 amide bonds. The summed E-state index contributed by atoms with van der Waals surface area (Å²) in [4.78, 5) is 9.54. The minimum absolute atomic E-state index is 0.329. The highest BCUT2D eigenvalue weighted by Crippen LogP contribution is 2.36. The Balaban J connectivity index is 1.51. The van der Waals surface area contributed by atoms with Crippen molar-refractivity contribution in [2.75, 3.05) is 5.32 Å². The van der Waals surface area contributed by atoms with Crippen molar-refractivity contribution in [2.24, 2.45) is 18.7 Å². The molecule has 0 unspecified atom stereocenters. The number of fused-ring (bicyclic) bond motifs is 1. The van der Waals surface area contributed by atoms with Crippen LogP contribution in [-0.4, -0.2) is 42.0 Å². The van der Waals surface area contributed by atoms with Crippen molar-refractivity contribution in [3.05, 3.63) is 18.1 Å². The van der Waals surface area contributed by atoms with E-state index in [0.29, 0.717) is 18.0 Å². The largest absolute Gasteiger partial charge is 0.351 e. The molecule has 3 heterocycles. The van der Waals surface area contributed by atoms with Crippen molar-refractivity contribution in [3.63, 3.8) is 0 Å². The second-order valence-electron chi connectivity index (χ2n) is 8.06. The predicted octanol–water partition coefficient (Wildman–Crippen LogP) is 2.39. The Morgan fingerprint density at radius 2 is 1.96 bits per heavy atom. The SMILES string of the molecule is Cn1ncc(-c2nc(N[C@H]3CC[C@H](N)CC3)nc3[nH]ncc23)c1CC1CC1. The van der Waals surface area contributed by atoms with Crippen LogP contribution < -0.4 is 11.1 Å². The lowest BCUT2D eigenvalue weighted by Crippen LogP contribution is -2.33. The Hall–Kier alpha value is -2.48. The maximum atomic E-state index is 6.03. The van der Waals surface area contributed by atoms with E-state index in [1.165, 1.54) is 18.5 Å². The van der Waals surface area contributed by atoms with Gasteiger partial charge in [0, 0.05) is 30.4 Å². The fourth-order valence-electron chi connectivity index (χ4n) is 4.05. The van der Waals surface area contributed by atoms with Gasteiger partial charge in [-0.05, 0) is 50.9 Å². The summed E-state index contributed by atoms with van der Waals surface area (Å²) in [5.74, 6) is 1.44. The average Bonchev–Trinajstić information content (AvgIpc) is 3.23. The lowest BCUT2D eigenvalue weighted by molar-refractivity contribution is 0.410. The molecule has 2 aliphatic carbocycles. The molecule has 0 radical (unpaired) electrons. The third-order valence-corrected chi connectivity index (χ3v) is 5.91. The number of anilines is 1. The topological polar surface area (TPSA) is 110 Å². The standard InChI is InChI=1S/C19H26N8/c1-27-16(8-11-2-3-11)14(10-22-27)17-15-9-21-26-18(15)25-19(24-17)23-13-6-4-12(20)5-7-13/h9-13H,2-8,20H2,1H3,(H2,21,23,24,25,26)/t12-,13-. The molecule has 0 aliphatic heterocycles. The Bertz CT molecular complexity index is 946. The molecule has 5 rings (SSSR count). The fraction of sp³-hybridized carbons (Fsp3) is 0.579. The van der Waals surface area contributed by atoms with Gasteiger partial charge in [-0.3, -0.25) is 9.78 Å². The Morgan fingerprint density at radius 3 is 2.74 bits per heavy atom. The monoisotopic (exact) mass is 366 g/mol. The summed E-state index contributed by atoms with van der Waals surface area (Å²) >= 11 is 0. The third-order valence-electron chi connectivity index (χ3n) is 5.91. The highest BCUT2D eigenvalue weighted by molar-refractivity contribution is 5.91. The van der Waals surface area contributed by atoms with E-state index in [1.807, 2.05) is 24.1 Å². The molecule has 0 spiro atoms. The molecule has 0 atom stereocenters. The van der Waals surface area contributed by atoms with Crippen LogP contribution in [-0.2, 0) is 13.5 Å². The van der Waals surface area contributed by atoms with Crippen LogP contribution in [0.4, 0.5) is 5.95 Å². The van der Waals surface area contributed by atoms with Crippen LogP contribution in [0.1, 0.15) is 44.2 Å². The van der Waals surface area contributed by atoms with Gasteiger partial charge in [-0.15, -0.1) is 0 Å². The number of nitrogens with two attached hydrogens (primary N) is 1. The number of aryl methyl sites for hydroxylation is 1. The Morgan fingerprint density at radius 1 is 1.15 bits per heavy atom. The normalized spacial score (nSPS) is 23.0. The molecular weight excluding hydrogens is 340 g/mol. The number of nitrogens with zero attached hydrogens (tertiary/aromatic N) is 5. The van der Waals surface area contributed by atoms with E-state index in [9.17, 15) is 0 Å². The van der Waals surface area contributed by atoms with Crippen LogP contribution in [0.5, 0.6) is 0 Å². The van der Waals surface area contributed by atoms with E-state index < -0.39 is 0 Å². The van der Waals surface area contributed by atoms with Gasteiger partial charge < -0.3 is 11.1 Å². The first kappa shape index (κ1) is 16.7. The zero-order chi connectivity index (χ0) is 18.4. The number of H-pyrrole nitrogens is 1. The number of hydrogen-bond donors (Lipinski definition) is 3. The number of aromatic nitrogens is 6. The van der Waals surface area contributed by atoms with Crippen molar-refractivity contribution in [1.29, 1.82) is 0 Å². The van der Waals surface area contributed by atoms with Crippen LogP contribution in [0.2, 0.25) is 0 Å². The number of rotatable bonds is 5.